The second-order valence-electron chi connectivity index (χ2n) is 4.90. The zero-order chi connectivity index (χ0) is 16.7. The van der Waals surface area contributed by atoms with E-state index in [1.165, 1.54) is 6.92 Å². The van der Waals surface area contributed by atoms with E-state index in [1.54, 1.807) is 4.90 Å². The van der Waals surface area contributed by atoms with Gasteiger partial charge in [0.25, 0.3) is 0 Å². The Morgan fingerprint density at radius 1 is 1.09 bits per heavy atom. The number of rotatable bonds is 5. The van der Waals surface area contributed by atoms with Crippen LogP contribution in [-0.4, -0.2) is 25.0 Å². The van der Waals surface area contributed by atoms with Crippen LogP contribution in [0.2, 0.25) is 0 Å². The highest BCUT2D eigenvalue weighted by atomic mass is 79.9. The van der Waals surface area contributed by atoms with E-state index in [0.717, 1.165) is 15.8 Å². The third-order valence-electron chi connectivity index (χ3n) is 3.15. The van der Waals surface area contributed by atoms with E-state index < -0.39 is 0 Å². The molecule has 0 radical (unpaired) electrons. The summed E-state index contributed by atoms with van der Waals surface area (Å²) < 4.78 is 0.899. The summed E-state index contributed by atoms with van der Waals surface area (Å²) in [5, 5.41) is 5.48. The zero-order valence-electron chi connectivity index (χ0n) is 12.8. The number of anilines is 2. The first-order chi connectivity index (χ1) is 11.1. The summed E-state index contributed by atoms with van der Waals surface area (Å²) in [6.45, 7) is 2.25. The van der Waals surface area contributed by atoms with Crippen molar-refractivity contribution in [1.29, 1.82) is 0 Å². The SMILES string of the molecule is CC(=O)N(CCNC(=O)Nc1ccccc1)c1cccc(Br)c1. The Balaban J connectivity index is 1.87. The van der Waals surface area contributed by atoms with Crippen molar-refractivity contribution in [3.8, 4) is 0 Å². The first kappa shape index (κ1) is 17.0. The second kappa shape index (κ2) is 8.33. The van der Waals surface area contributed by atoms with Gasteiger partial charge in [-0.2, -0.15) is 0 Å². The number of urea groups is 1. The number of hydrogen-bond acceptors (Lipinski definition) is 2. The predicted octanol–water partition coefficient (Wildman–Crippen LogP) is 3.62. The Bertz CT molecular complexity index is 677. The van der Waals surface area contributed by atoms with Crippen molar-refractivity contribution in [2.24, 2.45) is 0 Å². The fourth-order valence-corrected chi connectivity index (χ4v) is 2.48. The van der Waals surface area contributed by atoms with Gasteiger partial charge in [0.05, 0.1) is 0 Å². The number of nitrogens with one attached hydrogen (secondary N) is 2. The smallest absolute Gasteiger partial charge is 0.319 e. The molecule has 0 aliphatic rings. The molecule has 0 atom stereocenters. The summed E-state index contributed by atoms with van der Waals surface area (Å²) in [6.07, 6.45) is 0. The van der Waals surface area contributed by atoms with Gasteiger partial charge in [0.15, 0.2) is 0 Å². The maximum atomic E-state index is 11.8. The van der Waals surface area contributed by atoms with Crippen LogP contribution in [0.15, 0.2) is 59.1 Å². The molecule has 23 heavy (non-hydrogen) atoms. The van der Waals surface area contributed by atoms with Crippen LogP contribution in [0, 0.1) is 0 Å². The molecule has 0 unspecified atom stereocenters. The summed E-state index contributed by atoms with van der Waals surface area (Å²) in [5.41, 5.74) is 1.51. The Morgan fingerprint density at radius 2 is 1.83 bits per heavy atom. The van der Waals surface area contributed by atoms with Gasteiger partial charge < -0.3 is 15.5 Å². The number of carbonyl (C=O) groups is 2. The maximum Gasteiger partial charge on any atom is 0.319 e. The average molecular weight is 376 g/mol. The molecule has 0 fully saturated rings. The lowest BCUT2D eigenvalue weighted by Crippen LogP contribution is -2.39. The Hall–Kier alpha value is -2.34. The number of carbonyl (C=O) groups excluding carboxylic acids is 2. The summed E-state index contributed by atoms with van der Waals surface area (Å²) in [6, 6.07) is 16.4. The van der Waals surface area contributed by atoms with Crippen LogP contribution in [0.1, 0.15) is 6.92 Å². The summed E-state index contributed by atoms with van der Waals surface area (Å²) in [4.78, 5) is 25.2. The van der Waals surface area contributed by atoms with Gasteiger partial charge in [-0.3, -0.25) is 4.79 Å². The quantitative estimate of drug-likeness (QED) is 0.837. The molecule has 0 spiro atoms. The van der Waals surface area contributed by atoms with E-state index in [-0.39, 0.29) is 11.9 Å². The fraction of sp³-hybridized carbons (Fsp3) is 0.176. The normalized spacial score (nSPS) is 10.0. The zero-order valence-corrected chi connectivity index (χ0v) is 14.3. The minimum absolute atomic E-state index is 0.0756. The molecule has 2 aromatic carbocycles. The number of nitrogens with zero attached hydrogens (tertiary/aromatic N) is 1. The van der Waals surface area contributed by atoms with Crippen LogP contribution < -0.4 is 15.5 Å². The molecule has 3 amide bonds. The van der Waals surface area contributed by atoms with Crippen molar-refractivity contribution in [2.45, 2.75) is 6.92 Å². The largest absolute Gasteiger partial charge is 0.336 e. The predicted molar refractivity (Wildman–Crippen MR) is 95.6 cm³/mol. The highest BCUT2D eigenvalue weighted by Crippen LogP contribution is 2.19. The number of halogens is 1. The van der Waals surface area contributed by atoms with Crippen molar-refractivity contribution in [2.75, 3.05) is 23.3 Å². The molecule has 6 heteroatoms. The number of para-hydroxylation sites is 1. The van der Waals surface area contributed by atoms with Crippen molar-refractivity contribution >= 4 is 39.2 Å². The average Bonchev–Trinajstić information content (AvgIpc) is 2.52. The van der Waals surface area contributed by atoms with Gasteiger partial charge >= 0.3 is 6.03 Å². The lowest BCUT2D eigenvalue weighted by molar-refractivity contribution is -0.116. The topological polar surface area (TPSA) is 61.4 Å². The number of hydrogen-bond donors (Lipinski definition) is 2. The van der Waals surface area contributed by atoms with Gasteiger partial charge in [-0.25, -0.2) is 4.79 Å². The van der Waals surface area contributed by atoms with Crippen molar-refractivity contribution in [1.82, 2.24) is 5.32 Å². The summed E-state index contributed by atoms with van der Waals surface area (Å²) in [5.74, 6) is -0.0756. The van der Waals surface area contributed by atoms with E-state index in [9.17, 15) is 9.59 Å². The van der Waals surface area contributed by atoms with E-state index >= 15 is 0 Å². The van der Waals surface area contributed by atoms with Gasteiger partial charge in [-0.05, 0) is 30.3 Å². The lowest BCUT2D eigenvalue weighted by Gasteiger charge is -2.21. The van der Waals surface area contributed by atoms with Gasteiger partial charge in [0.2, 0.25) is 5.91 Å². The molecule has 0 saturated carbocycles. The first-order valence-corrected chi connectivity index (χ1v) is 7.99. The number of benzene rings is 2. The minimum atomic E-state index is -0.297. The van der Waals surface area contributed by atoms with Gasteiger partial charge in [-0.15, -0.1) is 0 Å². The van der Waals surface area contributed by atoms with Crippen LogP contribution in [0.3, 0.4) is 0 Å². The molecular formula is C17H18BrN3O2. The maximum absolute atomic E-state index is 11.8. The van der Waals surface area contributed by atoms with Crippen LogP contribution in [0.4, 0.5) is 16.2 Å². The highest BCUT2D eigenvalue weighted by molar-refractivity contribution is 9.10. The standard InChI is InChI=1S/C17H18BrN3O2/c1-13(22)21(16-9-5-6-14(18)12-16)11-10-19-17(23)20-15-7-3-2-4-8-15/h2-9,12H,10-11H2,1H3,(H2,19,20,23). The van der Waals surface area contributed by atoms with E-state index in [2.05, 4.69) is 26.6 Å². The van der Waals surface area contributed by atoms with Crippen LogP contribution in [0.25, 0.3) is 0 Å². The minimum Gasteiger partial charge on any atom is -0.336 e. The monoisotopic (exact) mass is 375 g/mol. The molecule has 5 nitrogen and oxygen atoms in total. The van der Waals surface area contributed by atoms with Gasteiger partial charge in [0.1, 0.15) is 0 Å². The van der Waals surface area contributed by atoms with Crippen molar-refractivity contribution < 1.29 is 9.59 Å². The van der Waals surface area contributed by atoms with Crippen molar-refractivity contribution in [3.63, 3.8) is 0 Å². The second-order valence-corrected chi connectivity index (χ2v) is 5.81. The molecule has 0 aliphatic heterocycles. The molecule has 0 heterocycles. The molecular weight excluding hydrogens is 358 g/mol. The lowest BCUT2D eigenvalue weighted by atomic mass is 10.3. The van der Waals surface area contributed by atoms with Crippen LogP contribution >= 0.6 is 15.9 Å². The highest BCUT2D eigenvalue weighted by Gasteiger charge is 2.12. The molecule has 0 saturated heterocycles. The summed E-state index contributed by atoms with van der Waals surface area (Å²) in [7, 11) is 0. The molecule has 2 aromatic rings. The van der Waals surface area contributed by atoms with E-state index in [1.807, 2.05) is 54.6 Å². The Morgan fingerprint density at radius 3 is 2.48 bits per heavy atom. The molecule has 0 bridgehead atoms. The fourth-order valence-electron chi connectivity index (χ4n) is 2.09. The van der Waals surface area contributed by atoms with Gasteiger partial charge in [-0.1, -0.05) is 40.2 Å². The molecule has 120 valence electrons. The molecule has 0 aliphatic carbocycles. The first-order valence-electron chi connectivity index (χ1n) is 7.20. The molecule has 2 N–H and O–H groups in total. The van der Waals surface area contributed by atoms with Crippen LogP contribution in [-0.2, 0) is 4.79 Å². The Labute approximate surface area is 143 Å². The van der Waals surface area contributed by atoms with E-state index in [4.69, 9.17) is 0 Å². The third kappa shape index (κ3) is 5.41. The van der Waals surface area contributed by atoms with E-state index in [0.29, 0.717) is 13.1 Å². The number of amides is 3. The van der Waals surface area contributed by atoms with Gasteiger partial charge in [0, 0.05) is 35.9 Å². The van der Waals surface area contributed by atoms with Crippen LogP contribution in [0.5, 0.6) is 0 Å². The molecule has 0 aromatic heterocycles. The third-order valence-corrected chi connectivity index (χ3v) is 3.65. The molecule has 2 rings (SSSR count). The summed E-state index contributed by atoms with van der Waals surface area (Å²) >= 11 is 3.39. The van der Waals surface area contributed by atoms with Crippen molar-refractivity contribution in [3.05, 3.63) is 59.1 Å². The Kier molecular flexibility index (Phi) is 6.17.